The van der Waals surface area contributed by atoms with E-state index >= 15 is 0 Å². The van der Waals surface area contributed by atoms with Gasteiger partial charge in [0.05, 0.1) is 0 Å². The van der Waals surface area contributed by atoms with E-state index in [1.54, 1.807) is 0 Å². The fourth-order valence-electron chi connectivity index (χ4n) is 2.96. The molecule has 0 aromatic rings. The van der Waals surface area contributed by atoms with Gasteiger partial charge in [-0.1, -0.05) is 27.2 Å². The lowest BCUT2D eigenvalue weighted by molar-refractivity contribution is -0.135. The van der Waals surface area contributed by atoms with Crippen LogP contribution in [0.15, 0.2) is 0 Å². The molecule has 19 heavy (non-hydrogen) atoms. The van der Waals surface area contributed by atoms with Gasteiger partial charge < -0.3 is 5.32 Å². The van der Waals surface area contributed by atoms with Crippen molar-refractivity contribution in [3.8, 4) is 0 Å². The molecular formula is C15H28F3N. The molecule has 1 saturated carbocycles. The van der Waals surface area contributed by atoms with Crippen LogP contribution in [0.4, 0.5) is 13.2 Å². The maximum atomic E-state index is 12.0. The standard InChI is InChI=1S/C15H28F3N/c1-4-14(2,3)12-6-8-13(9-7-12)19-11-5-10-15(16,17)18/h12-13,19H,4-11H2,1-3H3. The van der Waals surface area contributed by atoms with Gasteiger partial charge in [-0.05, 0) is 50.0 Å². The van der Waals surface area contributed by atoms with Crippen LogP contribution in [0, 0.1) is 11.3 Å². The third-order valence-electron chi connectivity index (χ3n) is 4.81. The number of halogens is 3. The largest absolute Gasteiger partial charge is 0.389 e. The molecule has 1 aliphatic rings. The molecule has 0 atom stereocenters. The van der Waals surface area contributed by atoms with Crippen LogP contribution in [0.2, 0.25) is 0 Å². The van der Waals surface area contributed by atoms with Gasteiger partial charge in [0.15, 0.2) is 0 Å². The van der Waals surface area contributed by atoms with E-state index in [1.165, 1.54) is 19.3 Å². The molecule has 1 nitrogen and oxygen atoms in total. The predicted octanol–water partition coefficient (Wildman–Crippen LogP) is 4.91. The zero-order valence-electron chi connectivity index (χ0n) is 12.4. The van der Waals surface area contributed by atoms with Crippen LogP contribution >= 0.6 is 0 Å². The van der Waals surface area contributed by atoms with Crippen molar-refractivity contribution in [3.05, 3.63) is 0 Å². The summed E-state index contributed by atoms with van der Waals surface area (Å²) in [7, 11) is 0. The zero-order chi connectivity index (χ0) is 14.5. The first-order chi connectivity index (χ1) is 8.74. The van der Waals surface area contributed by atoms with E-state index in [0.29, 0.717) is 18.0 Å². The molecule has 0 bridgehead atoms. The van der Waals surface area contributed by atoms with Gasteiger partial charge in [0.1, 0.15) is 0 Å². The molecule has 0 aliphatic heterocycles. The summed E-state index contributed by atoms with van der Waals surface area (Å²) in [6.07, 6.45) is 1.35. The quantitative estimate of drug-likeness (QED) is 0.681. The monoisotopic (exact) mass is 279 g/mol. The third kappa shape index (κ3) is 6.15. The van der Waals surface area contributed by atoms with Crippen LogP contribution in [0.3, 0.4) is 0 Å². The molecular weight excluding hydrogens is 251 g/mol. The van der Waals surface area contributed by atoms with Crippen molar-refractivity contribution in [2.24, 2.45) is 11.3 Å². The van der Waals surface area contributed by atoms with E-state index in [4.69, 9.17) is 0 Å². The first-order valence-electron chi connectivity index (χ1n) is 7.55. The molecule has 1 aliphatic carbocycles. The minimum absolute atomic E-state index is 0.198. The molecule has 0 spiro atoms. The van der Waals surface area contributed by atoms with Crippen molar-refractivity contribution < 1.29 is 13.2 Å². The van der Waals surface area contributed by atoms with Gasteiger partial charge in [-0.25, -0.2) is 0 Å². The van der Waals surface area contributed by atoms with Gasteiger partial charge in [-0.2, -0.15) is 13.2 Å². The first kappa shape index (κ1) is 16.8. The Kier molecular flexibility index (Phi) is 6.15. The summed E-state index contributed by atoms with van der Waals surface area (Å²) < 4.78 is 36.0. The Balaban J connectivity index is 2.17. The summed E-state index contributed by atoms with van der Waals surface area (Å²) in [5.41, 5.74) is 0.404. The van der Waals surface area contributed by atoms with Crippen LogP contribution in [0.5, 0.6) is 0 Å². The highest BCUT2D eigenvalue weighted by Crippen LogP contribution is 2.40. The zero-order valence-corrected chi connectivity index (χ0v) is 12.4. The Morgan fingerprint density at radius 2 is 1.63 bits per heavy atom. The molecule has 1 N–H and O–H groups in total. The van der Waals surface area contributed by atoms with E-state index in [2.05, 4.69) is 26.1 Å². The normalized spacial score (nSPS) is 25.6. The van der Waals surface area contributed by atoms with Gasteiger partial charge >= 0.3 is 6.18 Å². The molecule has 0 heterocycles. The molecule has 4 heteroatoms. The highest BCUT2D eigenvalue weighted by atomic mass is 19.4. The maximum absolute atomic E-state index is 12.0. The summed E-state index contributed by atoms with van der Waals surface area (Å²) in [4.78, 5) is 0. The topological polar surface area (TPSA) is 12.0 Å². The van der Waals surface area contributed by atoms with Gasteiger partial charge in [-0.3, -0.25) is 0 Å². The highest BCUT2D eigenvalue weighted by Gasteiger charge is 2.31. The van der Waals surface area contributed by atoms with Crippen LogP contribution in [-0.2, 0) is 0 Å². The number of rotatable bonds is 6. The van der Waals surface area contributed by atoms with Crippen LogP contribution in [-0.4, -0.2) is 18.8 Å². The Hall–Kier alpha value is -0.250. The molecule has 0 aromatic heterocycles. The lowest BCUT2D eigenvalue weighted by Gasteiger charge is -2.39. The van der Waals surface area contributed by atoms with Crippen molar-refractivity contribution in [1.82, 2.24) is 5.32 Å². The second-order valence-corrected chi connectivity index (χ2v) is 6.56. The first-order valence-corrected chi connectivity index (χ1v) is 7.55. The van der Waals surface area contributed by atoms with Gasteiger partial charge in [0.25, 0.3) is 0 Å². The van der Waals surface area contributed by atoms with Crippen molar-refractivity contribution in [1.29, 1.82) is 0 Å². The van der Waals surface area contributed by atoms with Gasteiger partial charge in [0, 0.05) is 12.5 Å². The molecule has 1 fully saturated rings. The lowest BCUT2D eigenvalue weighted by Crippen LogP contribution is -2.37. The number of alkyl halides is 3. The molecule has 0 unspecified atom stereocenters. The van der Waals surface area contributed by atoms with Crippen LogP contribution in [0.1, 0.15) is 65.7 Å². The molecule has 0 radical (unpaired) electrons. The average molecular weight is 279 g/mol. The molecule has 0 amide bonds. The maximum Gasteiger partial charge on any atom is 0.389 e. The fraction of sp³-hybridized carbons (Fsp3) is 1.00. The SMILES string of the molecule is CCC(C)(C)C1CCC(NCCCC(F)(F)F)CC1. The molecule has 1 rings (SSSR count). The number of hydrogen-bond donors (Lipinski definition) is 1. The van der Waals surface area contributed by atoms with E-state index in [1.807, 2.05) is 0 Å². The van der Waals surface area contributed by atoms with Crippen molar-refractivity contribution in [2.45, 2.75) is 77.9 Å². The second kappa shape index (κ2) is 6.96. The van der Waals surface area contributed by atoms with Crippen molar-refractivity contribution in [2.75, 3.05) is 6.54 Å². The third-order valence-corrected chi connectivity index (χ3v) is 4.81. The smallest absolute Gasteiger partial charge is 0.314 e. The summed E-state index contributed by atoms with van der Waals surface area (Å²) in [6.45, 7) is 7.39. The Labute approximate surface area is 115 Å². The fourth-order valence-corrected chi connectivity index (χ4v) is 2.96. The van der Waals surface area contributed by atoms with Crippen molar-refractivity contribution >= 4 is 0 Å². The second-order valence-electron chi connectivity index (χ2n) is 6.56. The van der Waals surface area contributed by atoms with E-state index in [0.717, 1.165) is 18.8 Å². The van der Waals surface area contributed by atoms with Crippen molar-refractivity contribution in [3.63, 3.8) is 0 Å². The van der Waals surface area contributed by atoms with Crippen LogP contribution in [0.25, 0.3) is 0 Å². The molecule has 114 valence electrons. The Morgan fingerprint density at radius 3 is 2.11 bits per heavy atom. The Morgan fingerprint density at radius 1 is 1.05 bits per heavy atom. The minimum Gasteiger partial charge on any atom is -0.314 e. The predicted molar refractivity (Wildman–Crippen MR) is 73.1 cm³/mol. The lowest BCUT2D eigenvalue weighted by atomic mass is 9.69. The number of nitrogens with one attached hydrogen (secondary N) is 1. The summed E-state index contributed by atoms with van der Waals surface area (Å²) in [6, 6.07) is 0.428. The minimum atomic E-state index is -4.01. The summed E-state index contributed by atoms with van der Waals surface area (Å²) in [5, 5.41) is 3.28. The van der Waals surface area contributed by atoms with E-state index < -0.39 is 12.6 Å². The van der Waals surface area contributed by atoms with Gasteiger partial charge in [-0.15, -0.1) is 0 Å². The van der Waals surface area contributed by atoms with Gasteiger partial charge in [0.2, 0.25) is 0 Å². The molecule has 0 saturated heterocycles. The highest BCUT2D eigenvalue weighted by molar-refractivity contribution is 4.84. The van der Waals surface area contributed by atoms with E-state index in [9.17, 15) is 13.2 Å². The summed E-state index contributed by atoms with van der Waals surface area (Å²) >= 11 is 0. The number of hydrogen-bond acceptors (Lipinski definition) is 1. The van der Waals surface area contributed by atoms with E-state index in [-0.39, 0.29) is 6.42 Å². The average Bonchev–Trinajstić information content (AvgIpc) is 2.34. The summed E-state index contributed by atoms with van der Waals surface area (Å²) in [5.74, 6) is 0.769. The van der Waals surface area contributed by atoms with Crippen LogP contribution < -0.4 is 5.32 Å². The Bertz CT molecular complexity index is 253. The molecule has 0 aromatic carbocycles.